The van der Waals surface area contributed by atoms with Crippen molar-refractivity contribution in [2.24, 2.45) is 0 Å². The van der Waals surface area contributed by atoms with Crippen molar-refractivity contribution in [3.63, 3.8) is 0 Å². The Labute approximate surface area is 199 Å². The Balaban J connectivity index is 1.25. The van der Waals surface area contributed by atoms with Crippen LogP contribution in [0.2, 0.25) is 5.02 Å². The number of carbonyl (C=O) groups excluding carboxylic acids is 1. The van der Waals surface area contributed by atoms with Crippen LogP contribution in [0.5, 0.6) is 0 Å². The van der Waals surface area contributed by atoms with E-state index < -0.39 is 10.0 Å². The van der Waals surface area contributed by atoms with Gasteiger partial charge < -0.3 is 15.0 Å². The van der Waals surface area contributed by atoms with Crippen molar-refractivity contribution in [3.8, 4) is 0 Å². The highest BCUT2D eigenvalue weighted by atomic mass is 35.5. The summed E-state index contributed by atoms with van der Waals surface area (Å²) in [5, 5.41) is 3.37. The predicted octanol–water partition coefficient (Wildman–Crippen LogP) is 1.91. The molecule has 3 heterocycles. The predicted molar refractivity (Wildman–Crippen MR) is 127 cm³/mol. The third-order valence-electron chi connectivity index (χ3n) is 5.83. The van der Waals surface area contributed by atoms with Gasteiger partial charge in [0, 0.05) is 58.4 Å². The molecule has 4 rings (SSSR count). The van der Waals surface area contributed by atoms with E-state index in [2.05, 4.69) is 20.1 Å². The summed E-state index contributed by atoms with van der Waals surface area (Å²) in [5.41, 5.74) is 0.624. The molecule has 0 radical (unpaired) electrons. The number of carbonyl (C=O) groups is 1. The number of hydrogen-bond donors (Lipinski definition) is 1. The number of ether oxygens (including phenoxy) is 1. The number of aromatic nitrogens is 1. The Morgan fingerprint density at radius 1 is 1.03 bits per heavy atom. The highest BCUT2D eigenvalue weighted by molar-refractivity contribution is 7.89. The standard InChI is InChI=1S/C22H28ClN5O4S/c23-19-3-1-2-4-20(19)25-22(29)7-8-26-9-11-27(12-10-26)21-6-5-18(17-24-21)33(30,31)28-13-15-32-16-14-28/h1-6,17H,7-16H2,(H,25,29). The molecule has 2 aromatic rings. The normalized spacial score (nSPS) is 18.3. The number of sulfonamides is 1. The van der Waals surface area contributed by atoms with E-state index in [9.17, 15) is 13.2 Å². The highest BCUT2D eigenvalue weighted by Gasteiger charge is 2.27. The van der Waals surface area contributed by atoms with Crippen LogP contribution in [-0.4, -0.2) is 87.5 Å². The van der Waals surface area contributed by atoms with Gasteiger partial charge in [-0.2, -0.15) is 4.31 Å². The van der Waals surface area contributed by atoms with Gasteiger partial charge in [-0.1, -0.05) is 23.7 Å². The number of piperazine rings is 1. The average molecular weight is 494 g/mol. The summed E-state index contributed by atoms with van der Waals surface area (Å²) < 4.78 is 32.2. The fourth-order valence-electron chi connectivity index (χ4n) is 3.88. The second-order valence-corrected chi connectivity index (χ2v) is 10.3. The monoisotopic (exact) mass is 493 g/mol. The molecule has 2 saturated heterocycles. The van der Waals surface area contributed by atoms with E-state index in [0.717, 1.165) is 32.0 Å². The van der Waals surface area contributed by atoms with Gasteiger partial charge in [0.1, 0.15) is 10.7 Å². The summed E-state index contributed by atoms with van der Waals surface area (Å²) in [7, 11) is -3.54. The topological polar surface area (TPSA) is 95.1 Å². The highest BCUT2D eigenvalue weighted by Crippen LogP contribution is 2.21. The minimum Gasteiger partial charge on any atom is -0.379 e. The van der Waals surface area contributed by atoms with E-state index in [4.69, 9.17) is 16.3 Å². The number of hydrogen-bond acceptors (Lipinski definition) is 7. The van der Waals surface area contributed by atoms with Gasteiger partial charge in [0.15, 0.2) is 0 Å². The Bertz CT molecular complexity index is 1050. The number of morpholine rings is 1. The van der Waals surface area contributed by atoms with Gasteiger partial charge >= 0.3 is 0 Å². The Kier molecular flexibility index (Phi) is 7.82. The van der Waals surface area contributed by atoms with Crippen molar-refractivity contribution in [3.05, 3.63) is 47.6 Å². The lowest BCUT2D eigenvalue weighted by Gasteiger charge is -2.35. The van der Waals surface area contributed by atoms with Crippen LogP contribution in [0.1, 0.15) is 6.42 Å². The fraction of sp³-hybridized carbons (Fsp3) is 0.455. The number of anilines is 2. The molecule has 9 nitrogen and oxygen atoms in total. The largest absolute Gasteiger partial charge is 0.379 e. The molecule has 0 saturated carbocycles. The van der Waals surface area contributed by atoms with Gasteiger partial charge in [-0.25, -0.2) is 13.4 Å². The van der Waals surface area contributed by atoms with Gasteiger partial charge in [0.25, 0.3) is 0 Å². The van der Waals surface area contributed by atoms with Gasteiger partial charge in [0.2, 0.25) is 15.9 Å². The van der Waals surface area contributed by atoms with Crippen LogP contribution in [-0.2, 0) is 19.6 Å². The van der Waals surface area contributed by atoms with E-state index in [0.29, 0.717) is 50.0 Å². The summed E-state index contributed by atoms with van der Waals surface area (Å²) in [4.78, 5) is 21.2. The average Bonchev–Trinajstić information content (AvgIpc) is 2.85. The number of nitrogens with one attached hydrogen (secondary N) is 1. The first kappa shape index (κ1) is 23.9. The van der Waals surface area contributed by atoms with Crippen molar-refractivity contribution >= 4 is 39.0 Å². The maximum Gasteiger partial charge on any atom is 0.244 e. The molecular formula is C22H28ClN5O4S. The molecule has 2 aliphatic heterocycles. The van der Waals surface area contributed by atoms with Gasteiger partial charge in [-0.15, -0.1) is 0 Å². The van der Waals surface area contributed by atoms with Crippen molar-refractivity contribution in [1.29, 1.82) is 0 Å². The number of rotatable bonds is 7. The van der Waals surface area contributed by atoms with Crippen molar-refractivity contribution < 1.29 is 17.9 Å². The van der Waals surface area contributed by atoms with Crippen LogP contribution < -0.4 is 10.2 Å². The minimum absolute atomic E-state index is 0.0655. The second kappa shape index (κ2) is 10.8. The van der Waals surface area contributed by atoms with E-state index in [1.807, 2.05) is 12.1 Å². The molecule has 2 aliphatic rings. The first-order valence-corrected chi connectivity index (χ1v) is 12.8. The lowest BCUT2D eigenvalue weighted by Crippen LogP contribution is -2.47. The molecule has 2 fully saturated rings. The smallest absolute Gasteiger partial charge is 0.244 e. The lowest BCUT2D eigenvalue weighted by atomic mass is 10.2. The molecule has 1 amide bonds. The van der Waals surface area contributed by atoms with Crippen LogP contribution in [0.3, 0.4) is 0 Å². The van der Waals surface area contributed by atoms with Gasteiger partial charge in [0.05, 0.1) is 23.9 Å². The minimum atomic E-state index is -3.54. The van der Waals surface area contributed by atoms with Crippen LogP contribution in [0.4, 0.5) is 11.5 Å². The zero-order valence-corrected chi connectivity index (χ0v) is 19.9. The SMILES string of the molecule is O=C(CCN1CCN(c2ccc(S(=O)(=O)N3CCOCC3)cn2)CC1)Nc1ccccc1Cl. The van der Waals surface area contributed by atoms with Crippen LogP contribution in [0.25, 0.3) is 0 Å². The molecule has 0 aliphatic carbocycles. The van der Waals surface area contributed by atoms with Crippen LogP contribution >= 0.6 is 11.6 Å². The molecule has 0 atom stereocenters. The first-order chi connectivity index (χ1) is 15.9. The van der Waals surface area contributed by atoms with Crippen LogP contribution in [0, 0.1) is 0 Å². The van der Waals surface area contributed by atoms with Gasteiger partial charge in [-0.05, 0) is 24.3 Å². The third kappa shape index (κ3) is 6.01. The lowest BCUT2D eigenvalue weighted by molar-refractivity contribution is -0.116. The molecule has 1 aromatic heterocycles. The van der Waals surface area contributed by atoms with Crippen LogP contribution in [0.15, 0.2) is 47.5 Å². The molecule has 0 unspecified atom stereocenters. The zero-order valence-electron chi connectivity index (χ0n) is 18.3. The van der Waals surface area contributed by atoms with Crippen molar-refractivity contribution in [2.45, 2.75) is 11.3 Å². The molecule has 178 valence electrons. The maximum atomic E-state index is 12.7. The zero-order chi connectivity index (χ0) is 23.3. The van der Waals surface area contributed by atoms with Gasteiger partial charge in [-0.3, -0.25) is 9.69 Å². The number of benzene rings is 1. The van der Waals surface area contributed by atoms with E-state index in [1.54, 1.807) is 24.3 Å². The van der Waals surface area contributed by atoms with Crippen molar-refractivity contribution in [1.82, 2.24) is 14.2 Å². The van der Waals surface area contributed by atoms with E-state index in [-0.39, 0.29) is 10.8 Å². The number of amides is 1. The Morgan fingerprint density at radius 2 is 1.76 bits per heavy atom. The fourth-order valence-corrected chi connectivity index (χ4v) is 5.42. The summed E-state index contributed by atoms with van der Waals surface area (Å²) in [6.07, 6.45) is 1.82. The molecule has 11 heteroatoms. The molecule has 0 spiro atoms. The summed E-state index contributed by atoms with van der Waals surface area (Å²) in [6, 6.07) is 10.6. The summed E-state index contributed by atoms with van der Waals surface area (Å²) in [5.74, 6) is 0.691. The van der Waals surface area contributed by atoms with E-state index in [1.165, 1.54) is 10.5 Å². The molecule has 1 aromatic carbocycles. The number of halogens is 1. The number of pyridine rings is 1. The summed E-state index contributed by atoms with van der Waals surface area (Å²) in [6.45, 7) is 5.33. The Hall–Kier alpha value is -2.24. The number of para-hydroxylation sites is 1. The summed E-state index contributed by atoms with van der Waals surface area (Å²) >= 11 is 6.09. The number of nitrogens with zero attached hydrogens (tertiary/aromatic N) is 4. The molecule has 1 N–H and O–H groups in total. The molecule has 0 bridgehead atoms. The molecular weight excluding hydrogens is 466 g/mol. The maximum absolute atomic E-state index is 12.7. The molecule has 33 heavy (non-hydrogen) atoms. The van der Waals surface area contributed by atoms with Crippen molar-refractivity contribution in [2.75, 3.05) is 69.2 Å². The quantitative estimate of drug-likeness (QED) is 0.629. The third-order valence-corrected chi connectivity index (χ3v) is 8.04. The second-order valence-electron chi connectivity index (χ2n) is 7.98. The first-order valence-electron chi connectivity index (χ1n) is 11.0. The van der Waals surface area contributed by atoms with E-state index >= 15 is 0 Å². The Morgan fingerprint density at radius 3 is 2.42 bits per heavy atom.